The Morgan fingerprint density at radius 3 is 2.59 bits per heavy atom. The molecule has 116 valence electrons. The summed E-state index contributed by atoms with van der Waals surface area (Å²) in [6, 6.07) is 10.3. The minimum atomic E-state index is 0.0856. The van der Waals surface area contributed by atoms with Gasteiger partial charge in [-0.3, -0.25) is 4.98 Å². The SMILES string of the molecule is CC(C)(C)c1ccc(OCc2cc(C3CC3)ccn2)c(Cl)c1. The summed E-state index contributed by atoms with van der Waals surface area (Å²) in [4.78, 5) is 4.38. The quantitative estimate of drug-likeness (QED) is 0.744. The van der Waals surface area contributed by atoms with Crippen molar-refractivity contribution in [2.24, 2.45) is 0 Å². The van der Waals surface area contributed by atoms with Crippen molar-refractivity contribution in [3.05, 3.63) is 58.4 Å². The topological polar surface area (TPSA) is 22.1 Å². The van der Waals surface area contributed by atoms with E-state index in [1.54, 1.807) is 0 Å². The van der Waals surface area contributed by atoms with E-state index in [1.165, 1.54) is 24.0 Å². The Kier molecular flexibility index (Phi) is 4.14. The average molecular weight is 316 g/mol. The normalized spacial score (nSPS) is 14.9. The standard InChI is InChI=1S/C19H22ClNO/c1-19(2,3)15-6-7-18(17(20)11-15)22-12-16-10-14(8-9-21-16)13-4-5-13/h6-11,13H,4-5,12H2,1-3H3. The maximum absolute atomic E-state index is 6.35. The Morgan fingerprint density at radius 1 is 1.18 bits per heavy atom. The zero-order valence-electron chi connectivity index (χ0n) is 13.4. The summed E-state index contributed by atoms with van der Waals surface area (Å²) in [7, 11) is 0. The highest BCUT2D eigenvalue weighted by Crippen LogP contribution is 2.40. The lowest BCUT2D eigenvalue weighted by Gasteiger charge is -2.20. The molecular formula is C19H22ClNO. The van der Waals surface area contributed by atoms with E-state index in [0.717, 1.165) is 11.6 Å². The molecular weight excluding hydrogens is 294 g/mol. The molecule has 1 aliphatic rings. The molecule has 0 amide bonds. The molecule has 1 fully saturated rings. The molecule has 0 spiro atoms. The van der Waals surface area contributed by atoms with Crippen LogP contribution >= 0.6 is 11.6 Å². The molecule has 0 aliphatic heterocycles. The molecule has 0 atom stereocenters. The van der Waals surface area contributed by atoms with Gasteiger partial charge in [0.1, 0.15) is 12.4 Å². The third kappa shape index (κ3) is 3.61. The molecule has 0 saturated heterocycles. The number of nitrogens with zero attached hydrogens (tertiary/aromatic N) is 1. The first-order valence-electron chi connectivity index (χ1n) is 7.81. The van der Waals surface area contributed by atoms with Crippen molar-refractivity contribution in [2.75, 3.05) is 0 Å². The number of ether oxygens (including phenoxy) is 1. The van der Waals surface area contributed by atoms with E-state index in [4.69, 9.17) is 16.3 Å². The Bertz CT molecular complexity index is 671. The molecule has 1 aliphatic carbocycles. The minimum absolute atomic E-state index is 0.0856. The lowest BCUT2D eigenvalue weighted by Crippen LogP contribution is -2.11. The lowest BCUT2D eigenvalue weighted by atomic mass is 9.87. The van der Waals surface area contributed by atoms with Crippen molar-refractivity contribution < 1.29 is 4.74 Å². The van der Waals surface area contributed by atoms with Gasteiger partial charge in [0.2, 0.25) is 0 Å². The van der Waals surface area contributed by atoms with Crippen LogP contribution in [0.5, 0.6) is 5.75 Å². The highest BCUT2D eigenvalue weighted by molar-refractivity contribution is 6.32. The zero-order valence-corrected chi connectivity index (χ0v) is 14.2. The van der Waals surface area contributed by atoms with Gasteiger partial charge in [-0.2, -0.15) is 0 Å². The first-order valence-corrected chi connectivity index (χ1v) is 8.19. The first kappa shape index (κ1) is 15.4. The molecule has 3 rings (SSSR count). The first-order chi connectivity index (χ1) is 10.4. The third-order valence-electron chi connectivity index (χ3n) is 4.06. The second kappa shape index (κ2) is 5.92. The van der Waals surface area contributed by atoms with Crippen molar-refractivity contribution >= 4 is 11.6 Å². The molecule has 2 nitrogen and oxygen atoms in total. The number of halogens is 1. The Labute approximate surface area is 137 Å². The number of aromatic nitrogens is 1. The van der Waals surface area contributed by atoms with Gasteiger partial charge in [0.25, 0.3) is 0 Å². The van der Waals surface area contributed by atoms with E-state index >= 15 is 0 Å². The summed E-state index contributed by atoms with van der Waals surface area (Å²) >= 11 is 6.35. The molecule has 0 bridgehead atoms. The van der Waals surface area contributed by atoms with Crippen molar-refractivity contribution in [3.8, 4) is 5.75 Å². The van der Waals surface area contributed by atoms with Crippen LogP contribution in [0.3, 0.4) is 0 Å². The molecule has 1 heterocycles. The van der Waals surface area contributed by atoms with Crippen molar-refractivity contribution in [1.82, 2.24) is 4.98 Å². The summed E-state index contributed by atoms with van der Waals surface area (Å²) < 4.78 is 5.85. The monoisotopic (exact) mass is 315 g/mol. The van der Waals surface area contributed by atoms with Gasteiger partial charge in [-0.1, -0.05) is 38.4 Å². The fraction of sp³-hybridized carbons (Fsp3) is 0.421. The van der Waals surface area contributed by atoms with Gasteiger partial charge in [-0.15, -0.1) is 0 Å². The van der Waals surface area contributed by atoms with Crippen LogP contribution < -0.4 is 4.74 Å². The van der Waals surface area contributed by atoms with Gasteiger partial charge in [0.05, 0.1) is 10.7 Å². The molecule has 1 saturated carbocycles. The molecule has 0 unspecified atom stereocenters. The van der Waals surface area contributed by atoms with Crippen LogP contribution in [0.2, 0.25) is 5.02 Å². The van der Waals surface area contributed by atoms with Crippen LogP contribution in [0.1, 0.15) is 56.4 Å². The predicted octanol–water partition coefficient (Wildman–Crippen LogP) is 5.49. The number of rotatable bonds is 4. The highest BCUT2D eigenvalue weighted by atomic mass is 35.5. The smallest absolute Gasteiger partial charge is 0.138 e. The van der Waals surface area contributed by atoms with E-state index in [1.807, 2.05) is 18.3 Å². The van der Waals surface area contributed by atoms with Gasteiger partial charge in [-0.25, -0.2) is 0 Å². The fourth-order valence-corrected chi connectivity index (χ4v) is 2.72. The summed E-state index contributed by atoms with van der Waals surface area (Å²) in [5.74, 6) is 1.45. The van der Waals surface area contributed by atoms with E-state index in [2.05, 4.69) is 44.0 Å². The van der Waals surface area contributed by atoms with Crippen LogP contribution in [-0.4, -0.2) is 4.98 Å². The molecule has 3 heteroatoms. The molecule has 1 aromatic carbocycles. The Morgan fingerprint density at radius 2 is 1.95 bits per heavy atom. The van der Waals surface area contributed by atoms with Crippen LogP contribution in [0.15, 0.2) is 36.5 Å². The van der Waals surface area contributed by atoms with E-state index in [9.17, 15) is 0 Å². The predicted molar refractivity (Wildman–Crippen MR) is 90.7 cm³/mol. The molecule has 2 aromatic rings. The van der Waals surface area contributed by atoms with Crippen molar-refractivity contribution in [3.63, 3.8) is 0 Å². The van der Waals surface area contributed by atoms with E-state index in [0.29, 0.717) is 17.4 Å². The third-order valence-corrected chi connectivity index (χ3v) is 4.36. The summed E-state index contributed by atoms with van der Waals surface area (Å²) in [6.45, 7) is 6.97. The van der Waals surface area contributed by atoms with Gasteiger partial charge in [0.15, 0.2) is 0 Å². The Balaban J connectivity index is 1.70. The number of benzene rings is 1. The molecule has 22 heavy (non-hydrogen) atoms. The average Bonchev–Trinajstić information content (AvgIpc) is 3.30. The second-order valence-electron chi connectivity index (χ2n) is 7.04. The van der Waals surface area contributed by atoms with Crippen molar-refractivity contribution in [2.45, 2.75) is 51.6 Å². The Hall–Kier alpha value is -1.54. The van der Waals surface area contributed by atoms with Gasteiger partial charge in [-0.05, 0) is 59.6 Å². The number of hydrogen-bond donors (Lipinski definition) is 0. The van der Waals surface area contributed by atoms with Gasteiger partial charge < -0.3 is 4.74 Å². The molecule has 0 N–H and O–H groups in total. The van der Waals surface area contributed by atoms with Crippen LogP contribution in [0.4, 0.5) is 0 Å². The van der Waals surface area contributed by atoms with Crippen LogP contribution in [-0.2, 0) is 12.0 Å². The van der Waals surface area contributed by atoms with E-state index in [-0.39, 0.29) is 5.41 Å². The molecule has 1 aromatic heterocycles. The maximum atomic E-state index is 6.35. The molecule has 0 radical (unpaired) electrons. The second-order valence-corrected chi connectivity index (χ2v) is 7.45. The number of pyridine rings is 1. The van der Waals surface area contributed by atoms with Crippen LogP contribution in [0.25, 0.3) is 0 Å². The van der Waals surface area contributed by atoms with Gasteiger partial charge in [0, 0.05) is 6.20 Å². The summed E-state index contributed by atoms with van der Waals surface area (Å²) in [5.41, 5.74) is 3.63. The van der Waals surface area contributed by atoms with Gasteiger partial charge >= 0.3 is 0 Å². The zero-order chi connectivity index (χ0) is 15.7. The maximum Gasteiger partial charge on any atom is 0.138 e. The lowest BCUT2D eigenvalue weighted by molar-refractivity contribution is 0.301. The largest absolute Gasteiger partial charge is 0.486 e. The fourth-order valence-electron chi connectivity index (χ4n) is 2.48. The number of hydrogen-bond acceptors (Lipinski definition) is 2. The summed E-state index contributed by atoms with van der Waals surface area (Å²) in [6.07, 6.45) is 4.46. The minimum Gasteiger partial charge on any atom is -0.486 e. The van der Waals surface area contributed by atoms with Crippen molar-refractivity contribution in [1.29, 1.82) is 0 Å². The summed E-state index contributed by atoms with van der Waals surface area (Å²) in [5, 5.41) is 0.658. The highest BCUT2D eigenvalue weighted by Gasteiger charge is 2.23. The van der Waals surface area contributed by atoms with E-state index < -0.39 is 0 Å². The van der Waals surface area contributed by atoms with Crippen LogP contribution in [0, 0.1) is 0 Å².